The topological polar surface area (TPSA) is 12.0 Å². The van der Waals surface area contributed by atoms with Crippen molar-refractivity contribution in [1.82, 2.24) is 5.32 Å². The third kappa shape index (κ3) is 2.09. The molecule has 2 aliphatic rings. The van der Waals surface area contributed by atoms with E-state index in [4.69, 9.17) is 11.6 Å². The van der Waals surface area contributed by atoms with E-state index in [-0.39, 0.29) is 0 Å². The lowest BCUT2D eigenvalue weighted by Gasteiger charge is -2.45. The van der Waals surface area contributed by atoms with Gasteiger partial charge >= 0.3 is 0 Å². The molecule has 2 aliphatic heterocycles. The lowest BCUT2D eigenvalue weighted by molar-refractivity contribution is 0.166. The summed E-state index contributed by atoms with van der Waals surface area (Å²) in [6.45, 7) is 4.72. The highest BCUT2D eigenvalue weighted by atomic mass is 35.5. The van der Waals surface area contributed by atoms with E-state index in [1.54, 1.807) is 0 Å². The van der Waals surface area contributed by atoms with E-state index < -0.39 is 0 Å². The SMILES string of the molecule is CC1SCCC12CCNCC2c1ccc(Cl)cc1. The van der Waals surface area contributed by atoms with Gasteiger partial charge < -0.3 is 5.32 Å². The zero-order valence-corrected chi connectivity index (χ0v) is 12.4. The Morgan fingerprint density at radius 1 is 1.28 bits per heavy atom. The number of piperidine rings is 1. The second-order valence-corrected chi connectivity index (χ2v) is 7.44. The van der Waals surface area contributed by atoms with E-state index in [9.17, 15) is 0 Å². The van der Waals surface area contributed by atoms with Crippen LogP contribution in [0.5, 0.6) is 0 Å². The monoisotopic (exact) mass is 281 g/mol. The summed E-state index contributed by atoms with van der Waals surface area (Å²) in [5.74, 6) is 1.97. The number of hydrogen-bond acceptors (Lipinski definition) is 2. The summed E-state index contributed by atoms with van der Waals surface area (Å²) in [6, 6.07) is 8.51. The number of thioether (sulfide) groups is 1. The molecule has 1 aromatic carbocycles. The van der Waals surface area contributed by atoms with Crippen molar-refractivity contribution in [3.05, 3.63) is 34.9 Å². The maximum absolute atomic E-state index is 6.01. The Hall–Kier alpha value is -0.180. The molecule has 0 aromatic heterocycles. The van der Waals surface area contributed by atoms with Crippen LogP contribution in [0.1, 0.15) is 31.2 Å². The molecule has 1 N–H and O–H groups in total. The maximum Gasteiger partial charge on any atom is 0.0406 e. The van der Waals surface area contributed by atoms with Gasteiger partial charge in [0.2, 0.25) is 0 Å². The normalized spacial score (nSPS) is 36.1. The van der Waals surface area contributed by atoms with Crippen LogP contribution in [0, 0.1) is 5.41 Å². The fourth-order valence-electron chi connectivity index (χ4n) is 3.67. The van der Waals surface area contributed by atoms with E-state index in [0.717, 1.165) is 16.8 Å². The molecular weight excluding hydrogens is 262 g/mol. The minimum Gasteiger partial charge on any atom is -0.316 e. The third-order valence-corrected chi connectivity index (χ3v) is 6.49. The minimum absolute atomic E-state index is 0.504. The van der Waals surface area contributed by atoms with Crippen LogP contribution in [-0.2, 0) is 0 Å². The molecule has 0 saturated carbocycles. The Labute approximate surface area is 119 Å². The quantitative estimate of drug-likeness (QED) is 0.837. The molecule has 1 aromatic rings. The van der Waals surface area contributed by atoms with Crippen molar-refractivity contribution in [2.24, 2.45) is 5.41 Å². The van der Waals surface area contributed by atoms with Gasteiger partial charge in [0.15, 0.2) is 0 Å². The lowest BCUT2D eigenvalue weighted by atomic mass is 9.64. The van der Waals surface area contributed by atoms with Gasteiger partial charge in [0.25, 0.3) is 0 Å². The molecule has 98 valence electrons. The zero-order chi connectivity index (χ0) is 12.6. The summed E-state index contributed by atoms with van der Waals surface area (Å²) in [4.78, 5) is 0. The average molecular weight is 282 g/mol. The van der Waals surface area contributed by atoms with Gasteiger partial charge in [-0.15, -0.1) is 0 Å². The van der Waals surface area contributed by atoms with Gasteiger partial charge in [-0.1, -0.05) is 30.7 Å². The smallest absolute Gasteiger partial charge is 0.0406 e. The molecule has 0 aliphatic carbocycles. The second kappa shape index (κ2) is 5.07. The molecule has 2 heterocycles. The molecule has 1 nitrogen and oxygen atoms in total. The van der Waals surface area contributed by atoms with Crippen LogP contribution >= 0.6 is 23.4 Å². The fourth-order valence-corrected chi connectivity index (χ4v) is 5.38. The van der Waals surface area contributed by atoms with Gasteiger partial charge in [-0.05, 0) is 48.3 Å². The molecule has 2 saturated heterocycles. The highest BCUT2D eigenvalue weighted by Gasteiger charge is 2.48. The maximum atomic E-state index is 6.01. The molecule has 3 unspecified atom stereocenters. The van der Waals surface area contributed by atoms with E-state index in [1.807, 2.05) is 12.1 Å². The predicted octanol–water partition coefficient (Wildman–Crippen LogP) is 3.93. The van der Waals surface area contributed by atoms with Gasteiger partial charge in [0.1, 0.15) is 0 Å². The Bertz CT molecular complexity index is 419. The van der Waals surface area contributed by atoms with Gasteiger partial charge in [-0.25, -0.2) is 0 Å². The van der Waals surface area contributed by atoms with E-state index in [1.165, 1.54) is 30.7 Å². The van der Waals surface area contributed by atoms with Crippen LogP contribution in [0.2, 0.25) is 5.02 Å². The summed E-state index contributed by atoms with van der Waals surface area (Å²) >= 11 is 8.16. The van der Waals surface area contributed by atoms with Crippen molar-refractivity contribution in [2.45, 2.75) is 30.9 Å². The third-order valence-electron chi connectivity index (χ3n) is 4.83. The molecular formula is C15H20ClNS. The van der Waals surface area contributed by atoms with Crippen LogP contribution < -0.4 is 5.32 Å². The molecule has 18 heavy (non-hydrogen) atoms. The second-order valence-electron chi connectivity index (χ2n) is 5.55. The average Bonchev–Trinajstić information content (AvgIpc) is 2.74. The number of hydrogen-bond donors (Lipinski definition) is 1. The summed E-state index contributed by atoms with van der Waals surface area (Å²) in [5.41, 5.74) is 1.96. The molecule has 0 bridgehead atoms. The van der Waals surface area contributed by atoms with Gasteiger partial charge in [-0.3, -0.25) is 0 Å². The first-order valence-electron chi connectivity index (χ1n) is 6.80. The van der Waals surface area contributed by atoms with Crippen molar-refractivity contribution in [3.63, 3.8) is 0 Å². The summed E-state index contributed by atoms with van der Waals surface area (Å²) in [5, 5.41) is 5.19. The van der Waals surface area contributed by atoms with Crippen molar-refractivity contribution >= 4 is 23.4 Å². The van der Waals surface area contributed by atoms with Crippen LogP contribution in [0.15, 0.2) is 24.3 Å². The first-order chi connectivity index (χ1) is 8.72. The Morgan fingerprint density at radius 2 is 2.06 bits per heavy atom. The predicted molar refractivity (Wildman–Crippen MR) is 80.6 cm³/mol. The van der Waals surface area contributed by atoms with Crippen molar-refractivity contribution < 1.29 is 0 Å². The number of rotatable bonds is 1. The Balaban J connectivity index is 1.95. The van der Waals surface area contributed by atoms with Gasteiger partial charge in [0.05, 0.1) is 0 Å². The van der Waals surface area contributed by atoms with Gasteiger partial charge in [0, 0.05) is 22.7 Å². The highest BCUT2D eigenvalue weighted by Crippen LogP contribution is 2.55. The van der Waals surface area contributed by atoms with Crippen LogP contribution in [-0.4, -0.2) is 24.1 Å². The summed E-state index contributed by atoms with van der Waals surface area (Å²) in [6.07, 6.45) is 2.68. The molecule has 2 fully saturated rings. The standard InChI is InChI=1S/C15H20ClNS/c1-11-15(7-9-18-11)6-8-17-10-14(15)12-2-4-13(16)5-3-12/h2-5,11,14,17H,6-10H2,1H3. The summed E-state index contributed by atoms with van der Waals surface area (Å²) < 4.78 is 0. The van der Waals surface area contributed by atoms with Crippen molar-refractivity contribution in [3.8, 4) is 0 Å². The molecule has 3 heteroatoms. The Morgan fingerprint density at radius 3 is 2.72 bits per heavy atom. The zero-order valence-electron chi connectivity index (χ0n) is 10.8. The highest BCUT2D eigenvalue weighted by molar-refractivity contribution is 8.00. The molecule has 3 atom stereocenters. The van der Waals surface area contributed by atoms with Crippen LogP contribution in [0.4, 0.5) is 0 Å². The largest absolute Gasteiger partial charge is 0.316 e. The first kappa shape index (κ1) is 12.8. The van der Waals surface area contributed by atoms with E-state index in [2.05, 4.69) is 36.1 Å². The molecule has 0 amide bonds. The number of benzene rings is 1. The first-order valence-corrected chi connectivity index (χ1v) is 8.23. The number of nitrogens with one attached hydrogen (secondary N) is 1. The molecule has 1 spiro atoms. The van der Waals surface area contributed by atoms with Crippen molar-refractivity contribution in [1.29, 1.82) is 0 Å². The molecule has 3 rings (SSSR count). The Kier molecular flexibility index (Phi) is 3.61. The van der Waals surface area contributed by atoms with Gasteiger partial charge in [-0.2, -0.15) is 11.8 Å². The fraction of sp³-hybridized carbons (Fsp3) is 0.600. The molecule has 0 radical (unpaired) electrons. The van der Waals surface area contributed by atoms with Crippen LogP contribution in [0.3, 0.4) is 0 Å². The minimum atomic E-state index is 0.504. The van der Waals surface area contributed by atoms with E-state index in [0.29, 0.717) is 11.3 Å². The summed E-state index contributed by atoms with van der Waals surface area (Å²) in [7, 11) is 0. The van der Waals surface area contributed by atoms with Crippen molar-refractivity contribution in [2.75, 3.05) is 18.8 Å². The number of halogens is 1. The lowest BCUT2D eigenvalue weighted by Crippen LogP contribution is -2.46. The van der Waals surface area contributed by atoms with E-state index >= 15 is 0 Å². The van der Waals surface area contributed by atoms with Crippen LogP contribution in [0.25, 0.3) is 0 Å².